The van der Waals surface area contributed by atoms with Gasteiger partial charge >= 0.3 is 0 Å². The van der Waals surface area contributed by atoms with Crippen molar-refractivity contribution in [2.75, 3.05) is 6.61 Å². The second-order valence-corrected chi connectivity index (χ2v) is 12.6. The molecule has 1 aliphatic rings. The van der Waals surface area contributed by atoms with Crippen LogP contribution < -0.4 is 15.1 Å². The Morgan fingerprint density at radius 1 is 1.00 bits per heavy atom. The molecular weight excluding hydrogens is 368 g/mol. The van der Waals surface area contributed by atoms with E-state index in [9.17, 15) is 0 Å². The first-order valence-electron chi connectivity index (χ1n) is 10.3. The van der Waals surface area contributed by atoms with Gasteiger partial charge in [-0.1, -0.05) is 98.1 Å². The number of hydrogen-bond acceptors (Lipinski definition) is 1. The van der Waals surface area contributed by atoms with Gasteiger partial charge in [0.2, 0.25) is 0 Å². The van der Waals surface area contributed by atoms with E-state index in [-0.39, 0.29) is 0 Å². The smallest absolute Gasteiger partial charge is 0.127 e. The van der Waals surface area contributed by atoms with Crippen LogP contribution in [-0.4, -0.2) is 14.7 Å². The maximum atomic E-state index is 6.35. The SMILES string of the molecule is C=CCOc1c(-c2ccccc2)cc(C)cc1[Si](C)(C)c1cccc2c1C=CC2. The van der Waals surface area contributed by atoms with E-state index >= 15 is 0 Å². The molecule has 0 N–H and O–H groups in total. The third-order valence-electron chi connectivity index (χ3n) is 5.83. The van der Waals surface area contributed by atoms with Crippen LogP contribution >= 0.6 is 0 Å². The molecule has 1 nitrogen and oxygen atoms in total. The lowest BCUT2D eigenvalue weighted by molar-refractivity contribution is 0.367. The van der Waals surface area contributed by atoms with Crippen LogP contribution in [0.3, 0.4) is 0 Å². The van der Waals surface area contributed by atoms with Crippen LogP contribution in [0.25, 0.3) is 17.2 Å². The number of aryl methyl sites for hydroxylation is 1. The van der Waals surface area contributed by atoms with Gasteiger partial charge in [-0.05, 0) is 46.5 Å². The van der Waals surface area contributed by atoms with Gasteiger partial charge in [-0.15, -0.1) is 0 Å². The zero-order valence-corrected chi connectivity index (χ0v) is 18.5. The van der Waals surface area contributed by atoms with Gasteiger partial charge in [0.05, 0.1) is 0 Å². The summed E-state index contributed by atoms with van der Waals surface area (Å²) < 4.78 is 6.35. The summed E-state index contributed by atoms with van der Waals surface area (Å²) in [6.07, 6.45) is 7.45. The Morgan fingerprint density at radius 2 is 1.79 bits per heavy atom. The molecule has 2 heteroatoms. The number of allylic oxidation sites excluding steroid dienone is 1. The van der Waals surface area contributed by atoms with Gasteiger partial charge in [0, 0.05) is 5.56 Å². The molecule has 4 rings (SSSR count). The number of benzene rings is 3. The molecule has 0 saturated heterocycles. The average molecular weight is 397 g/mol. The van der Waals surface area contributed by atoms with Crippen LogP contribution in [0.15, 0.2) is 79.4 Å². The van der Waals surface area contributed by atoms with E-state index < -0.39 is 8.07 Å². The molecule has 0 fully saturated rings. The lowest BCUT2D eigenvalue weighted by atomic mass is 10.0. The van der Waals surface area contributed by atoms with E-state index in [0.717, 1.165) is 12.2 Å². The van der Waals surface area contributed by atoms with Gasteiger partial charge in [-0.3, -0.25) is 0 Å². The zero-order chi connectivity index (χ0) is 20.4. The molecule has 0 saturated carbocycles. The van der Waals surface area contributed by atoms with E-state index in [4.69, 9.17) is 4.74 Å². The Labute approximate surface area is 175 Å². The summed E-state index contributed by atoms with van der Waals surface area (Å²) in [5.41, 5.74) is 6.49. The summed E-state index contributed by atoms with van der Waals surface area (Å²) in [5.74, 6) is 1.01. The molecule has 146 valence electrons. The van der Waals surface area contributed by atoms with E-state index in [1.54, 1.807) is 0 Å². The molecule has 0 aliphatic heterocycles. The quantitative estimate of drug-likeness (QED) is 0.388. The van der Waals surface area contributed by atoms with Crippen LogP contribution in [0.5, 0.6) is 5.75 Å². The molecule has 1 aliphatic carbocycles. The maximum Gasteiger partial charge on any atom is 0.127 e. The highest BCUT2D eigenvalue weighted by atomic mass is 28.3. The topological polar surface area (TPSA) is 9.23 Å². The Bertz CT molecular complexity index is 1080. The lowest BCUT2D eigenvalue weighted by Crippen LogP contribution is -2.54. The summed E-state index contributed by atoms with van der Waals surface area (Å²) in [4.78, 5) is 0. The summed E-state index contributed by atoms with van der Waals surface area (Å²) in [6, 6.07) is 21.9. The fraction of sp³-hybridized carbons (Fsp3) is 0.185. The number of hydrogen-bond donors (Lipinski definition) is 0. The summed E-state index contributed by atoms with van der Waals surface area (Å²) >= 11 is 0. The van der Waals surface area contributed by atoms with Gasteiger partial charge in [0.1, 0.15) is 20.4 Å². The van der Waals surface area contributed by atoms with Crippen molar-refractivity contribution in [1.29, 1.82) is 0 Å². The van der Waals surface area contributed by atoms with E-state index in [1.165, 1.54) is 38.2 Å². The fourth-order valence-corrected chi connectivity index (χ4v) is 7.43. The van der Waals surface area contributed by atoms with Gasteiger partial charge in [-0.2, -0.15) is 0 Å². The monoisotopic (exact) mass is 396 g/mol. The van der Waals surface area contributed by atoms with Crippen LogP contribution in [0.2, 0.25) is 13.1 Å². The molecule has 0 radical (unpaired) electrons. The minimum Gasteiger partial charge on any atom is -0.489 e. The second-order valence-electron chi connectivity index (χ2n) is 8.26. The molecule has 0 aromatic heterocycles. The normalized spacial score (nSPS) is 12.7. The molecular formula is C27H28OSi. The predicted molar refractivity (Wildman–Crippen MR) is 128 cm³/mol. The minimum absolute atomic E-state index is 0.507. The standard InChI is InChI=1S/C27H28OSi/c1-5-17-28-27-24(22-11-7-6-8-12-22)18-20(2)19-26(27)29(3,4)25-16-10-14-21-13-9-15-23(21)25/h5-12,14-16,18-19H,1,13,17H2,2-4H3. The van der Waals surface area contributed by atoms with Crippen molar-refractivity contribution in [3.63, 3.8) is 0 Å². The average Bonchev–Trinajstić information content (AvgIpc) is 3.21. The number of ether oxygens (including phenoxy) is 1. The van der Waals surface area contributed by atoms with Crippen molar-refractivity contribution in [3.8, 4) is 16.9 Å². The number of fused-ring (bicyclic) bond motifs is 1. The first-order chi connectivity index (χ1) is 14.0. The van der Waals surface area contributed by atoms with Crippen molar-refractivity contribution >= 4 is 24.5 Å². The van der Waals surface area contributed by atoms with Crippen LogP contribution in [0, 0.1) is 6.92 Å². The van der Waals surface area contributed by atoms with E-state index in [1.807, 2.05) is 6.08 Å². The third-order valence-corrected chi connectivity index (χ3v) is 9.33. The molecule has 0 spiro atoms. The Balaban J connectivity index is 1.95. The minimum atomic E-state index is -2.01. The molecule has 0 amide bonds. The molecule has 29 heavy (non-hydrogen) atoms. The highest BCUT2D eigenvalue weighted by Gasteiger charge is 2.33. The van der Waals surface area contributed by atoms with Gasteiger partial charge in [-0.25, -0.2) is 0 Å². The van der Waals surface area contributed by atoms with Crippen molar-refractivity contribution < 1.29 is 4.74 Å². The van der Waals surface area contributed by atoms with Crippen LogP contribution in [0.1, 0.15) is 16.7 Å². The van der Waals surface area contributed by atoms with Crippen molar-refractivity contribution in [2.45, 2.75) is 26.4 Å². The van der Waals surface area contributed by atoms with Gasteiger partial charge in [0.15, 0.2) is 0 Å². The summed E-state index contributed by atoms with van der Waals surface area (Å²) in [6.45, 7) is 11.5. The second kappa shape index (κ2) is 7.88. The Kier molecular flexibility index (Phi) is 5.29. The highest BCUT2D eigenvalue weighted by Crippen LogP contribution is 2.32. The first kappa shape index (κ1) is 19.5. The Hall–Kier alpha value is -2.84. The van der Waals surface area contributed by atoms with Crippen molar-refractivity contribution in [3.05, 3.63) is 96.1 Å². The molecule has 0 bridgehead atoms. The predicted octanol–water partition coefficient (Wildman–Crippen LogP) is 5.62. The van der Waals surface area contributed by atoms with Crippen molar-refractivity contribution in [2.24, 2.45) is 0 Å². The molecule has 3 aromatic rings. The number of rotatable bonds is 6. The first-order valence-corrected chi connectivity index (χ1v) is 13.3. The van der Waals surface area contributed by atoms with Gasteiger partial charge in [0.25, 0.3) is 0 Å². The lowest BCUT2D eigenvalue weighted by Gasteiger charge is -2.30. The van der Waals surface area contributed by atoms with Gasteiger partial charge < -0.3 is 4.74 Å². The molecule has 0 unspecified atom stereocenters. The third kappa shape index (κ3) is 3.61. The summed E-state index contributed by atoms with van der Waals surface area (Å²) in [7, 11) is -2.01. The highest BCUT2D eigenvalue weighted by molar-refractivity contribution is 7.01. The maximum absolute atomic E-state index is 6.35. The van der Waals surface area contributed by atoms with Crippen molar-refractivity contribution in [1.82, 2.24) is 0 Å². The molecule has 0 atom stereocenters. The summed E-state index contributed by atoms with van der Waals surface area (Å²) in [5, 5.41) is 2.84. The largest absolute Gasteiger partial charge is 0.489 e. The zero-order valence-electron chi connectivity index (χ0n) is 17.5. The van der Waals surface area contributed by atoms with Crippen LogP contribution in [-0.2, 0) is 6.42 Å². The molecule has 3 aromatic carbocycles. The van der Waals surface area contributed by atoms with E-state index in [0.29, 0.717) is 6.61 Å². The molecule has 0 heterocycles. The fourth-order valence-electron chi connectivity index (χ4n) is 4.35. The van der Waals surface area contributed by atoms with E-state index in [2.05, 4.69) is 99.4 Å². The van der Waals surface area contributed by atoms with Crippen LogP contribution in [0.4, 0.5) is 0 Å². The Morgan fingerprint density at radius 3 is 2.55 bits per heavy atom.